The van der Waals surface area contributed by atoms with Crippen LogP contribution < -0.4 is 0 Å². The molecule has 0 bridgehead atoms. The van der Waals surface area contributed by atoms with Gasteiger partial charge in [-0.25, -0.2) is 0 Å². The van der Waals surface area contributed by atoms with E-state index in [1.807, 2.05) is 0 Å². The van der Waals surface area contributed by atoms with Crippen LogP contribution in [0.25, 0.3) is 0 Å². The Kier molecular flexibility index (Phi) is 5.52. The smallest absolute Gasteiger partial charge is 0.0923 e. The highest BCUT2D eigenvalue weighted by Crippen LogP contribution is 1.88. The number of aliphatic hydroxyl groups excluding tert-OH is 1. The minimum absolute atomic E-state index is 0.341. The summed E-state index contributed by atoms with van der Waals surface area (Å²) in [5.74, 6) is 0. The third kappa shape index (κ3) is 4.69. The molecule has 4 nitrogen and oxygen atoms in total. The van der Waals surface area contributed by atoms with Crippen LogP contribution in [-0.2, 0) is 9.57 Å². The molecule has 0 saturated carbocycles. The number of rotatable bonds is 5. The first kappa shape index (κ1) is 9.84. The van der Waals surface area contributed by atoms with Crippen LogP contribution in [0.4, 0.5) is 0 Å². The molecular formula is C6H15NO3. The number of hydroxylamine groups is 2. The lowest BCUT2D eigenvalue weighted by Gasteiger charge is -2.16. The molecule has 0 saturated heterocycles. The zero-order valence-electron chi connectivity index (χ0n) is 6.70. The Morgan fingerprint density at radius 2 is 2.10 bits per heavy atom. The van der Waals surface area contributed by atoms with E-state index < -0.39 is 6.10 Å². The van der Waals surface area contributed by atoms with Crippen LogP contribution in [0.3, 0.4) is 0 Å². The standard InChI is InChI=1S/C6H15NO3/c1-7(10-3)4-6(8)5-9-2/h6,8H,4-5H2,1-3H3/t6-/m1/s1. The average molecular weight is 149 g/mol. The molecule has 0 aliphatic carbocycles. The predicted octanol–water partition coefficient (Wildman–Crippen LogP) is -0.513. The van der Waals surface area contributed by atoms with Crippen molar-refractivity contribution in [2.45, 2.75) is 6.10 Å². The van der Waals surface area contributed by atoms with E-state index >= 15 is 0 Å². The first-order valence-electron chi connectivity index (χ1n) is 3.13. The van der Waals surface area contributed by atoms with E-state index in [4.69, 9.17) is 14.7 Å². The zero-order valence-corrected chi connectivity index (χ0v) is 6.70. The molecule has 0 aromatic carbocycles. The van der Waals surface area contributed by atoms with Crippen LogP contribution in [-0.4, -0.2) is 50.7 Å². The van der Waals surface area contributed by atoms with Crippen molar-refractivity contribution in [2.75, 3.05) is 34.4 Å². The fraction of sp³-hybridized carbons (Fsp3) is 1.00. The van der Waals surface area contributed by atoms with E-state index in [0.29, 0.717) is 13.2 Å². The summed E-state index contributed by atoms with van der Waals surface area (Å²) in [4.78, 5) is 4.78. The molecule has 4 heteroatoms. The summed E-state index contributed by atoms with van der Waals surface area (Å²) in [7, 11) is 4.86. The van der Waals surface area contributed by atoms with E-state index in [2.05, 4.69) is 0 Å². The van der Waals surface area contributed by atoms with Crippen molar-refractivity contribution in [3.63, 3.8) is 0 Å². The quantitative estimate of drug-likeness (QED) is 0.534. The number of nitrogens with zero attached hydrogens (tertiary/aromatic N) is 1. The highest BCUT2D eigenvalue weighted by atomic mass is 16.7. The van der Waals surface area contributed by atoms with Crippen LogP contribution in [0.2, 0.25) is 0 Å². The first-order valence-corrected chi connectivity index (χ1v) is 3.13. The predicted molar refractivity (Wildman–Crippen MR) is 37.5 cm³/mol. The van der Waals surface area contributed by atoms with Gasteiger partial charge < -0.3 is 14.7 Å². The molecule has 0 heterocycles. The van der Waals surface area contributed by atoms with Crippen LogP contribution in [0.5, 0.6) is 0 Å². The summed E-state index contributed by atoms with van der Waals surface area (Å²) in [6, 6.07) is 0. The summed E-state index contributed by atoms with van der Waals surface area (Å²) in [5, 5.41) is 10.6. The molecule has 62 valence electrons. The number of likely N-dealkylation sites (N-methyl/N-ethyl adjacent to an activating group) is 1. The number of aliphatic hydroxyl groups is 1. The molecule has 10 heavy (non-hydrogen) atoms. The van der Waals surface area contributed by atoms with Gasteiger partial charge in [-0.05, 0) is 0 Å². The van der Waals surface area contributed by atoms with Gasteiger partial charge in [-0.1, -0.05) is 0 Å². The molecule has 0 amide bonds. The Hall–Kier alpha value is -0.160. The van der Waals surface area contributed by atoms with Crippen molar-refractivity contribution in [3.8, 4) is 0 Å². The molecule has 0 unspecified atom stereocenters. The van der Waals surface area contributed by atoms with E-state index in [1.165, 1.54) is 0 Å². The van der Waals surface area contributed by atoms with Crippen molar-refractivity contribution < 1.29 is 14.7 Å². The van der Waals surface area contributed by atoms with Crippen LogP contribution in [0, 0.1) is 0 Å². The Labute approximate surface area is 61.3 Å². The van der Waals surface area contributed by atoms with Gasteiger partial charge in [0.05, 0.1) is 26.4 Å². The molecular weight excluding hydrogens is 134 g/mol. The van der Waals surface area contributed by atoms with Gasteiger partial charge in [-0.15, -0.1) is 0 Å². The molecule has 0 spiro atoms. The molecule has 1 N–H and O–H groups in total. The van der Waals surface area contributed by atoms with Crippen molar-refractivity contribution in [1.82, 2.24) is 5.06 Å². The fourth-order valence-electron chi connectivity index (χ4n) is 0.616. The minimum Gasteiger partial charge on any atom is -0.389 e. The van der Waals surface area contributed by atoms with E-state index in [0.717, 1.165) is 0 Å². The topological polar surface area (TPSA) is 41.9 Å². The average Bonchev–Trinajstić information content (AvgIpc) is 1.88. The zero-order chi connectivity index (χ0) is 7.98. The third-order valence-corrected chi connectivity index (χ3v) is 1.14. The van der Waals surface area contributed by atoms with Gasteiger partial charge in [0.1, 0.15) is 0 Å². The second kappa shape index (κ2) is 5.61. The monoisotopic (exact) mass is 149 g/mol. The molecule has 0 aromatic rings. The third-order valence-electron chi connectivity index (χ3n) is 1.14. The summed E-state index contributed by atoms with van der Waals surface area (Å²) >= 11 is 0. The number of hydrogen-bond donors (Lipinski definition) is 1. The molecule has 0 aromatic heterocycles. The van der Waals surface area contributed by atoms with E-state index in [-0.39, 0.29) is 0 Å². The Morgan fingerprint density at radius 1 is 1.50 bits per heavy atom. The number of methoxy groups -OCH3 is 1. The molecule has 1 atom stereocenters. The largest absolute Gasteiger partial charge is 0.389 e. The Bertz CT molecular complexity index is 79.4. The summed E-state index contributed by atoms with van der Waals surface area (Å²) in [6.45, 7) is 0.804. The van der Waals surface area contributed by atoms with Crippen molar-refractivity contribution in [2.24, 2.45) is 0 Å². The highest BCUT2D eigenvalue weighted by molar-refractivity contribution is 4.53. The van der Waals surface area contributed by atoms with Crippen molar-refractivity contribution in [3.05, 3.63) is 0 Å². The van der Waals surface area contributed by atoms with Gasteiger partial charge in [-0.3, -0.25) is 0 Å². The number of hydrogen-bond acceptors (Lipinski definition) is 4. The summed E-state index contributed by atoms with van der Waals surface area (Å²) < 4.78 is 4.72. The van der Waals surface area contributed by atoms with Crippen molar-refractivity contribution in [1.29, 1.82) is 0 Å². The van der Waals surface area contributed by atoms with Crippen LogP contribution >= 0.6 is 0 Å². The number of ether oxygens (including phenoxy) is 1. The van der Waals surface area contributed by atoms with Gasteiger partial charge in [0, 0.05) is 14.2 Å². The molecule has 0 radical (unpaired) electrons. The second-order valence-electron chi connectivity index (χ2n) is 2.10. The Morgan fingerprint density at radius 3 is 2.50 bits per heavy atom. The molecule has 0 aliphatic rings. The Balaban J connectivity index is 3.27. The van der Waals surface area contributed by atoms with Crippen LogP contribution in [0.15, 0.2) is 0 Å². The summed E-state index contributed by atoms with van der Waals surface area (Å²) in [6.07, 6.45) is -0.477. The van der Waals surface area contributed by atoms with Gasteiger partial charge >= 0.3 is 0 Å². The van der Waals surface area contributed by atoms with E-state index in [9.17, 15) is 0 Å². The second-order valence-corrected chi connectivity index (χ2v) is 2.10. The first-order chi connectivity index (χ1) is 4.70. The lowest BCUT2D eigenvalue weighted by Crippen LogP contribution is -2.31. The van der Waals surface area contributed by atoms with E-state index in [1.54, 1.807) is 26.3 Å². The maximum absolute atomic E-state index is 9.10. The van der Waals surface area contributed by atoms with Crippen LogP contribution in [0.1, 0.15) is 0 Å². The maximum Gasteiger partial charge on any atom is 0.0923 e. The SMILES string of the molecule is COC[C@H](O)CN(C)OC. The lowest BCUT2D eigenvalue weighted by atomic mass is 10.4. The minimum atomic E-state index is -0.477. The maximum atomic E-state index is 9.10. The molecule has 0 aliphatic heterocycles. The molecule has 0 fully saturated rings. The van der Waals surface area contributed by atoms with Gasteiger partial charge in [0.2, 0.25) is 0 Å². The van der Waals surface area contributed by atoms with Crippen molar-refractivity contribution >= 4 is 0 Å². The van der Waals surface area contributed by atoms with Gasteiger partial charge in [0.15, 0.2) is 0 Å². The lowest BCUT2D eigenvalue weighted by molar-refractivity contribution is -0.133. The highest BCUT2D eigenvalue weighted by Gasteiger charge is 2.05. The summed E-state index contributed by atoms with van der Waals surface area (Å²) in [5.41, 5.74) is 0. The van der Waals surface area contributed by atoms with Gasteiger partial charge in [0.25, 0.3) is 0 Å². The van der Waals surface area contributed by atoms with Gasteiger partial charge in [-0.2, -0.15) is 5.06 Å². The molecule has 0 rings (SSSR count). The fourth-order valence-corrected chi connectivity index (χ4v) is 0.616. The normalized spacial score (nSPS) is 14.1.